The quantitative estimate of drug-likeness (QED) is 0.233. The molecule has 1 amide bonds. The van der Waals surface area contributed by atoms with Crippen molar-refractivity contribution in [1.29, 1.82) is 0 Å². The standard InChI is InChI=1S/C38H72N4O11/c1-23-19-36(6,46)33(53-35-31(44)28(40(8)9)18-24(2)50-35)25(3)32(26(4)34(45)39-13-12-29(43)41(10)21-23)52-30-20-37(7,48-11)38(47,27(5)51-30)22-42-14-16-49-17-15-42/h23-33,35,43-44,46-47H,12-22H2,1-11H3,(H,39,45)/t23-,24-,25+,26-,27+,28+,29?,30+,31-,32+,33-,35+,36-,37-,38?/m1/s1. The number of methoxy groups -OCH3 is 1. The maximum absolute atomic E-state index is 13.9. The molecule has 0 aromatic rings. The summed E-state index contributed by atoms with van der Waals surface area (Å²) in [6.45, 7) is 16.6. The van der Waals surface area contributed by atoms with Gasteiger partial charge in [0.15, 0.2) is 12.6 Å². The predicted molar refractivity (Wildman–Crippen MR) is 198 cm³/mol. The molecule has 0 radical (unpaired) electrons. The van der Waals surface area contributed by atoms with Crippen LogP contribution in [0.1, 0.15) is 74.1 Å². The van der Waals surface area contributed by atoms with Crippen molar-refractivity contribution in [3.05, 3.63) is 0 Å². The summed E-state index contributed by atoms with van der Waals surface area (Å²) >= 11 is 0. The van der Waals surface area contributed by atoms with Gasteiger partial charge in [-0.1, -0.05) is 20.8 Å². The third kappa shape index (κ3) is 10.5. The number of ether oxygens (including phenoxy) is 6. The van der Waals surface area contributed by atoms with Crippen LogP contribution in [0.25, 0.3) is 0 Å². The fourth-order valence-electron chi connectivity index (χ4n) is 9.08. The minimum Gasteiger partial charge on any atom is -0.387 e. The number of hydrogen-bond acceptors (Lipinski definition) is 14. The molecule has 15 heteroatoms. The third-order valence-electron chi connectivity index (χ3n) is 12.5. The summed E-state index contributed by atoms with van der Waals surface area (Å²) in [4.78, 5) is 19.8. The van der Waals surface area contributed by atoms with Crippen LogP contribution in [0.2, 0.25) is 0 Å². The number of nitrogens with one attached hydrogen (secondary N) is 1. The van der Waals surface area contributed by atoms with E-state index in [9.17, 15) is 25.2 Å². The van der Waals surface area contributed by atoms with Gasteiger partial charge in [-0.05, 0) is 67.6 Å². The van der Waals surface area contributed by atoms with Crippen molar-refractivity contribution in [2.24, 2.45) is 17.8 Å². The second-order valence-corrected chi connectivity index (χ2v) is 17.2. The SMILES string of the molecule is CO[C@]1(C)C[C@H](O[C@H]2[C@H](C)[C@@H](O[C@@H]3O[C@H](C)C[C@H](N(C)C)[C@H]3O)[C@](C)(O)C[C@@H](C)CN(C)C(O)CCNC(=O)[C@@H]2C)O[C@@H](C)C1(O)CN1CCOCC1. The molecule has 0 aliphatic carbocycles. The Balaban J connectivity index is 1.71. The van der Waals surface area contributed by atoms with Crippen LogP contribution in [0.3, 0.4) is 0 Å². The molecule has 4 aliphatic rings. The van der Waals surface area contributed by atoms with Gasteiger partial charge < -0.3 is 59.1 Å². The normalized spacial score (nSPS) is 46.5. The average molecular weight is 761 g/mol. The van der Waals surface area contributed by atoms with Crippen molar-refractivity contribution >= 4 is 5.91 Å². The highest BCUT2D eigenvalue weighted by Gasteiger charge is 2.59. The van der Waals surface area contributed by atoms with Crippen molar-refractivity contribution in [1.82, 2.24) is 20.0 Å². The van der Waals surface area contributed by atoms with Crippen LogP contribution in [0, 0.1) is 17.8 Å². The van der Waals surface area contributed by atoms with Crippen molar-refractivity contribution in [2.45, 2.75) is 146 Å². The Morgan fingerprint density at radius 2 is 1.66 bits per heavy atom. The van der Waals surface area contributed by atoms with Gasteiger partial charge in [-0.2, -0.15) is 0 Å². The monoisotopic (exact) mass is 761 g/mol. The second kappa shape index (κ2) is 18.5. The Morgan fingerprint density at radius 1 is 1.00 bits per heavy atom. The predicted octanol–water partition coefficient (Wildman–Crippen LogP) is 0.606. The Morgan fingerprint density at radius 3 is 2.28 bits per heavy atom. The fraction of sp³-hybridized carbons (Fsp3) is 0.974. The number of β-amino-alcohol motifs (C(OH)–C–C–N with tert-alkyl or cyclic N) is 1. The number of aliphatic hydroxyl groups excluding tert-OH is 2. The van der Waals surface area contributed by atoms with Crippen molar-refractivity contribution in [3.8, 4) is 0 Å². The topological polar surface area (TPSA) is 175 Å². The zero-order chi connectivity index (χ0) is 39.5. The lowest BCUT2D eigenvalue weighted by Crippen LogP contribution is -2.70. The zero-order valence-corrected chi connectivity index (χ0v) is 34.2. The van der Waals surface area contributed by atoms with E-state index in [2.05, 4.69) is 10.2 Å². The molecule has 2 unspecified atom stereocenters. The van der Waals surface area contributed by atoms with Gasteiger partial charge in [0.25, 0.3) is 0 Å². The number of nitrogens with zero attached hydrogens (tertiary/aromatic N) is 3. The Kier molecular flexibility index (Phi) is 15.6. The lowest BCUT2D eigenvalue weighted by molar-refractivity contribution is -0.339. The lowest BCUT2D eigenvalue weighted by Gasteiger charge is -2.55. The van der Waals surface area contributed by atoms with E-state index in [-0.39, 0.29) is 43.4 Å². The summed E-state index contributed by atoms with van der Waals surface area (Å²) in [5.74, 6) is -1.78. The van der Waals surface area contributed by atoms with Gasteiger partial charge in [0.05, 0.1) is 49.1 Å². The molecule has 310 valence electrons. The van der Waals surface area contributed by atoms with Gasteiger partial charge in [-0.25, -0.2) is 0 Å². The summed E-state index contributed by atoms with van der Waals surface area (Å²) in [7, 11) is 7.20. The highest BCUT2D eigenvalue weighted by atomic mass is 16.7. The molecule has 4 rings (SSSR count). The van der Waals surface area contributed by atoms with Crippen LogP contribution in [-0.2, 0) is 33.2 Å². The number of morpholine rings is 1. The molecular formula is C38H72N4O11. The molecule has 0 saturated carbocycles. The molecule has 0 spiro atoms. The first-order valence-corrected chi connectivity index (χ1v) is 19.6. The van der Waals surface area contributed by atoms with Crippen LogP contribution in [0.15, 0.2) is 0 Å². The Bertz CT molecular complexity index is 1160. The van der Waals surface area contributed by atoms with Gasteiger partial charge >= 0.3 is 0 Å². The molecule has 0 aromatic carbocycles. The third-order valence-corrected chi connectivity index (χ3v) is 12.5. The van der Waals surface area contributed by atoms with E-state index in [0.717, 1.165) is 0 Å². The van der Waals surface area contributed by atoms with Gasteiger partial charge in [0.2, 0.25) is 5.91 Å². The lowest BCUT2D eigenvalue weighted by atomic mass is 9.74. The Labute approximate surface area is 317 Å². The molecule has 4 fully saturated rings. The van der Waals surface area contributed by atoms with E-state index in [4.69, 9.17) is 28.4 Å². The van der Waals surface area contributed by atoms with Crippen LogP contribution in [-0.4, -0.2) is 187 Å². The molecule has 53 heavy (non-hydrogen) atoms. The molecule has 4 heterocycles. The maximum Gasteiger partial charge on any atom is 0.225 e. The van der Waals surface area contributed by atoms with E-state index in [1.165, 1.54) is 0 Å². The first-order chi connectivity index (χ1) is 24.7. The minimum atomic E-state index is -1.50. The van der Waals surface area contributed by atoms with Crippen molar-refractivity contribution in [3.63, 3.8) is 0 Å². The molecule has 0 bridgehead atoms. The number of carbonyl (C=O) groups is 1. The highest BCUT2D eigenvalue weighted by Crippen LogP contribution is 2.43. The fourth-order valence-corrected chi connectivity index (χ4v) is 9.08. The number of amides is 1. The summed E-state index contributed by atoms with van der Waals surface area (Å²) in [5, 5.41) is 50.1. The van der Waals surface area contributed by atoms with E-state index in [1.807, 2.05) is 65.6 Å². The molecule has 4 aliphatic heterocycles. The van der Waals surface area contributed by atoms with Crippen molar-refractivity contribution in [2.75, 3.05) is 74.2 Å². The maximum atomic E-state index is 13.9. The first kappa shape index (κ1) is 44.7. The zero-order valence-electron chi connectivity index (χ0n) is 34.2. The number of likely N-dealkylation sites (N-methyl/N-ethyl adjacent to an activating group) is 1. The van der Waals surface area contributed by atoms with Crippen LogP contribution in [0.4, 0.5) is 0 Å². The van der Waals surface area contributed by atoms with E-state index < -0.39 is 71.9 Å². The van der Waals surface area contributed by atoms with Gasteiger partial charge in [0, 0.05) is 64.6 Å². The molecular weight excluding hydrogens is 688 g/mol. The average Bonchev–Trinajstić information content (AvgIpc) is 3.08. The number of carbonyl (C=O) groups excluding carboxylic acids is 1. The van der Waals surface area contributed by atoms with Crippen LogP contribution in [0.5, 0.6) is 0 Å². The smallest absolute Gasteiger partial charge is 0.225 e. The van der Waals surface area contributed by atoms with E-state index >= 15 is 0 Å². The summed E-state index contributed by atoms with van der Waals surface area (Å²) in [6, 6.07) is -0.242. The number of hydrogen-bond donors (Lipinski definition) is 5. The number of aliphatic hydroxyl groups is 4. The Hall–Kier alpha value is -1.05. The molecule has 5 N–H and O–H groups in total. The largest absolute Gasteiger partial charge is 0.387 e. The molecule has 15 nitrogen and oxygen atoms in total. The van der Waals surface area contributed by atoms with Gasteiger partial charge in [-0.15, -0.1) is 0 Å². The second-order valence-electron chi connectivity index (χ2n) is 17.2. The van der Waals surface area contributed by atoms with Gasteiger partial charge in [0.1, 0.15) is 23.5 Å². The minimum absolute atomic E-state index is 0.0722. The highest BCUT2D eigenvalue weighted by molar-refractivity contribution is 5.78. The van der Waals surface area contributed by atoms with Crippen LogP contribution >= 0.6 is 0 Å². The molecule has 0 aromatic heterocycles. The molecule has 15 atom stereocenters. The summed E-state index contributed by atoms with van der Waals surface area (Å²) in [6.07, 6.45) is -5.17. The number of rotatable bonds is 8. The van der Waals surface area contributed by atoms with Crippen LogP contribution < -0.4 is 5.32 Å². The van der Waals surface area contributed by atoms with Crippen molar-refractivity contribution < 1.29 is 53.6 Å². The van der Waals surface area contributed by atoms with Gasteiger partial charge in [-0.3, -0.25) is 14.6 Å². The molecule has 4 saturated heterocycles. The van der Waals surface area contributed by atoms with E-state index in [1.54, 1.807) is 21.0 Å². The van der Waals surface area contributed by atoms with E-state index in [0.29, 0.717) is 52.2 Å². The first-order valence-electron chi connectivity index (χ1n) is 19.6. The summed E-state index contributed by atoms with van der Waals surface area (Å²) in [5.41, 5.74) is -3.96. The summed E-state index contributed by atoms with van der Waals surface area (Å²) < 4.78 is 37.9.